The van der Waals surface area contributed by atoms with E-state index in [0.29, 0.717) is 64.9 Å². The van der Waals surface area contributed by atoms with Crippen molar-refractivity contribution >= 4 is 6.20 Å². The first-order valence-corrected chi connectivity index (χ1v) is 15.8. The maximum Gasteiger partial charge on any atom is 0.203 e. The van der Waals surface area contributed by atoms with Gasteiger partial charge in [0.2, 0.25) is 5.75 Å². The number of rotatable bonds is 15. The summed E-state index contributed by atoms with van der Waals surface area (Å²) in [7, 11) is 7.96. The first kappa shape index (κ1) is 33.1. The Hall–Kier alpha value is -5.84. The topological polar surface area (TPSA) is 115 Å². The summed E-state index contributed by atoms with van der Waals surface area (Å²) in [6.45, 7) is 0.977. The zero-order valence-electron chi connectivity index (χ0n) is 28.1. The van der Waals surface area contributed by atoms with Crippen LogP contribution in [0.1, 0.15) is 24.6 Å². The summed E-state index contributed by atoms with van der Waals surface area (Å²) in [6, 6.07) is 25.0. The average Bonchev–Trinajstić information content (AvgIpc) is 3.66. The zero-order chi connectivity index (χ0) is 34.2. The van der Waals surface area contributed by atoms with Gasteiger partial charge in [-0.25, -0.2) is 0 Å². The van der Waals surface area contributed by atoms with Crippen molar-refractivity contribution in [2.24, 2.45) is 4.99 Å². The van der Waals surface area contributed by atoms with Gasteiger partial charge in [-0.05, 0) is 61.4 Å². The van der Waals surface area contributed by atoms with Gasteiger partial charge in [0.1, 0.15) is 11.9 Å². The first-order valence-electron chi connectivity index (χ1n) is 15.8. The number of nitrogens with one attached hydrogen (secondary N) is 1. The molecule has 6 rings (SSSR count). The molecule has 1 aliphatic rings. The summed E-state index contributed by atoms with van der Waals surface area (Å²) in [5.41, 5.74) is 3.15. The molecule has 1 atom stereocenters. The number of fused-ring (bicyclic) bond motifs is 1. The molecule has 49 heavy (non-hydrogen) atoms. The molecule has 0 bridgehead atoms. The van der Waals surface area contributed by atoms with E-state index in [2.05, 4.69) is 10.5 Å². The Labute approximate surface area is 284 Å². The van der Waals surface area contributed by atoms with Crippen molar-refractivity contribution in [1.82, 2.24) is 10.5 Å². The van der Waals surface area contributed by atoms with E-state index in [1.165, 1.54) is 0 Å². The van der Waals surface area contributed by atoms with Crippen LogP contribution in [0.3, 0.4) is 0 Å². The quantitative estimate of drug-likeness (QED) is 0.135. The van der Waals surface area contributed by atoms with Crippen LogP contribution < -0.4 is 49.1 Å². The van der Waals surface area contributed by atoms with E-state index >= 15 is 0 Å². The van der Waals surface area contributed by atoms with Gasteiger partial charge in [0.15, 0.2) is 40.3 Å². The fraction of sp³-hybridized carbons (Fsp3) is 0.263. The molecule has 11 heteroatoms. The summed E-state index contributed by atoms with van der Waals surface area (Å²) in [5.74, 6) is 4.69. The predicted molar refractivity (Wildman–Crippen MR) is 184 cm³/mol. The SMILES string of the molecule is COc1cc(C2N=c3ccccc3=CN2)ccc1OCCCCOc1cc(-c2cc(-c3cc(OC)c(OC)c(OC)c3)no2)ccc1OC. The molecule has 0 fully saturated rings. The Morgan fingerprint density at radius 3 is 2.02 bits per heavy atom. The van der Waals surface area contributed by atoms with Crippen molar-refractivity contribution in [3.05, 3.63) is 95.0 Å². The van der Waals surface area contributed by atoms with Gasteiger partial charge in [-0.15, -0.1) is 0 Å². The molecule has 0 saturated carbocycles. The van der Waals surface area contributed by atoms with Crippen LogP contribution in [0.25, 0.3) is 28.8 Å². The minimum atomic E-state index is -0.196. The Kier molecular flexibility index (Phi) is 10.4. The summed E-state index contributed by atoms with van der Waals surface area (Å²) in [4.78, 5) is 4.82. The van der Waals surface area contributed by atoms with E-state index in [0.717, 1.165) is 40.1 Å². The lowest BCUT2D eigenvalue weighted by molar-refractivity contribution is 0.252. The lowest BCUT2D eigenvalue weighted by Crippen LogP contribution is -2.34. The Balaban J connectivity index is 1.05. The van der Waals surface area contributed by atoms with Crippen LogP contribution in [0, 0.1) is 0 Å². The number of para-hydroxylation sites is 1. The van der Waals surface area contributed by atoms with Crippen molar-refractivity contribution in [1.29, 1.82) is 0 Å². The van der Waals surface area contributed by atoms with Gasteiger partial charge in [0.05, 0.1) is 54.1 Å². The maximum absolute atomic E-state index is 6.14. The van der Waals surface area contributed by atoms with Crippen LogP contribution in [-0.4, -0.2) is 53.9 Å². The molecule has 4 aromatic carbocycles. The van der Waals surface area contributed by atoms with Crippen molar-refractivity contribution in [2.45, 2.75) is 19.0 Å². The van der Waals surface area contributed by atoms with Gasteiger partial charge in [-0.1, -0.05) is 29.4 Å². The third kappa shape index (κ3) is 7.35. The maximum atomic E-state index is 6.14. The number of hydrogen-bond donors (Lipinski definition) is 1. The second kappa shape index (κ2) is 15.4. The molecule has 0 saturated heterocycles. The Morgan fingerprint density at radius 1 is 0.633 bits per heavy atom. The van der Waals surface area contributed by atoms with Crippen LogP contribution in [0.15, 0.2) is 88.4 Å². The molecule has 5 aromatic rings. The van der Waals surface area contributed by atoms with Crippen molar-refractivity contribution in [3.8, 4) is 62.8 Å². The fourth-order valence-corrected chi connectivity index (χ4v) is 5.50. The molecule has 1 N–H and O–H groups in total. The molecule has 0 spiro atoms. The summed E-state index contributed by atoms with van der Waals surface area (Å²) in [5, 5.41) is 9.65. The number of benzene rings is 4. The van der Waals surface area contributed by atoms with E-state index in [9.17, 15) is 0 Å². The highest BCUT2D eigenvalue weighted by molar-refractivity contribution is 5.72. The molecule has 2 heterocycles. The third-order valence-electron chi connectivity index (χ3n) is 8.08. The van der Waals surface area contributed by atoms with Crippen LogP contribution in [0.4, 0.5) is 0 Å². The van der Waals surface area contributed by atoms with E-state index in [-0.39, 0.29) is 6.17 Å². The highest BCUT2D eigenvalue weighted by Gasteiger charge is 2.18. The van der Waals surface area contributed by atoms with E-state index in [1.54, 1.807) is 35.5 Å². The standard InChI is InChI=1S/C38H39N3O8/c1-42-30-14-12-24(32-22-29(41-49-32)27-20-35(44-3)37(46-5)36(21-27)45-4)18-34(30)48-17-9-8-16-47-31-15-13-25(19-33(31)43-2)38-39-23-26-10-6-7-11-28(26)40-38/h6-7,10-15,18-23,38-39H,8-9,16-17H2,1-5H3. The van der Waals surface area contributed by atoms with Gasteiger partial charge in [0, 0.05) is 34.2 Å². The second-order valence-electron chi connectivity index (χ2n) is 11.1. The molecular formula is C38H39N3O8. The molecule has 0 amide bonds. The van der Waals surface area contributed by atoms with Gasteiger partial charge < -0.3 is 43.0 Å². The van der Waals surface area contributed by atoms with Crippen molar-refractivity contribution < 1.29 is 37.7 Å². The normalized spacial score (nSPS) is 13.2. The monoisotopic (exact) mass is 665 g/mol. The fourth-order valence-electron chi connectivity index (χ4n) is 5.50. The number of ether oxygens (including phenoxy) is 7. The molecule has 11 nitrogen and oxygen atoms in total. The summed E-state index contributed by atoms with van der Waals surface area (Å²) in [6.07, 6.45) is 3.33. The largest absolute Gasteiger partial charge is 0.493 e. The minimum absolute atomic E-state index is 0.196. The smallest absolute Gasteiger partial charge is 0.203 e. The molecule has 254 valence electrons. The Bertz CT molecular complexity index is 2000. The highest BCUT2D eigenvalue weighted by Crippen LogP contribution is 2.42. The highest BCUT2D eigenvalue weighted by atomic mass is 16.5. The second-order valence-corrected chi connectivity index (χ2v) is 11.1. The molecule has 1 aromatic heterocycles. The number of methoxy groups -OCH3 is 5. The van der Waals surface area contributed by atoms with E-state index in [1.807, 2.05) is 85.1 Å². The van der Waals surface area contributed by atoms with Crippen LogP contribution in [0.5, 0.6) is 40.2 Å². The lowest BCUT2D eigenvalue weighted by atomic mass is 10.1. The number of hydrogen-bond acceptors (Lipinski definition) is 11. The molecule has 0 radical (unpaired) electrons. The van der Waals surface area contributed by atoms with Crippen molar-refractivity contribution in [3.63, 3.8) is 0 Å². The van der Waals surface area contributed by atoms with Crippen LogP contribution in [0.2, 0.25) is 0 Å². The van der Waals surface area contributed by atoms with Gasteiger partial charge in [0.25, 0.3) is 0 Å². The Morgan fingerprint density at radius 2 is 1.31 bits per heavy atom. The van der Waals surface area contributed by atoms with Crippen LogP contribution >= 0.6 is 0 Å². The number of aromatic nitrogens is 1. The number of unbranched alkanes of at least 4 members (excludes halogenated alkanes) is 1. The first-order chi connectivity index (χ1) is 24.0. The van der Waals surface area contributed by atoms with Gasteiger partial charge in [-0.3, -0.25) is 4.99 Å². The molecule has 1 aliphatic heterocycles. The summed E-state index contributed by atoms with van der Waals surface area (Å²) < 4.78 is 45.5. The molecular weight excluding hydrogens is 626 g/mol. The lowest BCUT2D eigenvalue weighted by Gasteiger charge is -2.18. The van der Waals surface area contributed by atoms with Gasteiger partial charge >= 0.3 is 0 Å². The van der Waals surface area contributed by atoms with E-state index in [4.69, 9.17) is 42.7 Å². The van der Waals surface area contributed by atoms with Gasteiger partial charge in [-0.2, -0.15) is 0 Å². The van der Waals surface area contributed by atoms with E-state index < -0.39 is 0 Å². The number of nitrogens with zero attached hydrogens (tertiary/aromatic N) is 2. The molecule has 0 aliphatic carbocycles. The average molecular weight is 666 g/mol. The van der Waals surface area contributed by atoms with Crippen LogP contribution in [-0.2, 0) is 0 Å². The third-order valence-corrected chi connectivity index (χ3v) is 8.08. The summed E-state index contributed by atoms with van der Waals surface area (Å²) >= 11 is 0. The van der Waals surface area contributed by atoms with Crippen molar-refractivity contribution in [2.75, 3.05) is 48.8 Å². The minimum Gasteiger partial charge on any atom is -0.493 e. The molecule has 1 unspecified atom stereocenters. The zero-order valence-corrected chi connectivity index (χ0v) is 28.1. The predicted octanol–water partition coefficient (Wildman–Crippen LogP) is 5.95.